The zero-order valence-electron chi connectivity index (χ0n) is 12.9. The third-order valence-corrected chi connectivity index (χ3v) is 3.94. The molecular formula is C18H14Cl2N2O2. The van der Waals surface area contributed by atoms with Crippen molar-refractivity contribution in [1.29, 1.82) is 0 Å². The topological polar surface area (TPSA) is 44.1 Å². The van der Waals surface area contributed by atoms with Crippen LogP contribution in [0.2, 0.25) is 10.0 Å². The Kier molecular flexibility index (Phi) is 4.88. The van der Waals surface area contributed by atoms with Crippen LogP contribution in [0, 0.1) is 0 Å². The van der Waals surface area contributed by atoms with Gasteiger partial charge in [-0.2, -0.15) is 5.10 Å². The van der Waals surface area contributed by atoms with E-state index in [9.17, 15) is 4.79 Å². The third kappa shape index (κ3) is 3.30. The molecule has 3 aromatic rings. The summed E-state index contributed by atoms with van der Waals surface area (Å²) in [6, 6.07) is 16.4. The van der Waals surface area contributed by atoms with Gasteiger partial charge in [0.25, 0.3) is 0 Å². The largest absolute Gasteiger partial charge is 0.461 e. The highest BCUT2D eigenvalue weighted by molar-refractivity contribution is 6.35. The minimum atomic E-state index is -0.474. The lowest BCUT2D eigenvalue weighted by molar-refractivity contribution is 0.0519. The predicted molar refractivity (Wildman–Crippen MR) is 95.0 cm³/mol. The van der Waals surface area contributed by atoms with Crippen molar-refractivity contribution in [3.63, 3.8) is 0 Å². The molecule has 0 amide bonds. The van der Waals surface area contributed by atoms with Crippen LogP contribution in [0.5, 0.6) is 0 Å². The van der Waals surface area contributed by atoms with Crippen LogP contribution in [-0.2, 0) is 4.74 Å². The molecule has 1 heterocycles. The zero-order chi connectivity index (χ0) is 17.1. The minimum Gasteiger partial charge on any atom is -0.461 e. The molecule has 0 bridgehead atoms. The summed E-state index contributed by atoms with van der Waals surface area (Å²) in [5, 5.41) is 5.35. The van der Waals surface area contributed by atoms with Crippen molar-refractivity contribution in [3.05, 3.63) is 70.3 Å². The fraction of sp³-hybridized carbons (Fsp3) is 0.111. The molecule has 2 aromatic carbocycles. The standard InChI is InChI=1S/C18H14Cl2N2O2/c1-2-24-18(23)15-11-17(12-6-4-3-5-7-12)22(21-15)16-9-8-13(19)10-14(16)20/h3-11H,2H2,1H3. The van der Waals surface area contributed by atoms with Gasteiger partial charge in [0.05, 0.1) is 23.0 Å². The number of ether oxygens (including phenoxy) is 1. The lowest BCUT2D eigenvalue weighted by Crippen LogP contribution is -2.07. The van der Waals surface area contributed by atoms with E-state index in [4.69, 9.17) is 27.9 Å². The third-order valence-electron chi connectivity index (χ3n) is 3.40. The van der Waals surface area contributed by atoms with Crippen LogP contribution >= 0.6 is 23.2 Å². The van der Waals surface area contributed by atoms with E-state index in [0.29, 0.717) is 15.7 Å². The second kappa shape index (κ2) is 7.07. The summed E-state index contributed by atoms with van der Waals surface area (Å²) < 4.78 is 6.67. The Morgan fingerprint density at radius 1 is 1.12 bits per heavy atom. The van der Waals surface area contributed by atoms with Crippen LogP contribution < -0.4 is 0 Å². The summed E-state index contributed by atoms with van der Waals surface area (Å²) in [7, 11) is 0. The summed E-state index contributed by atoms with van der Waals surface area (Å²) in [6.45, 7) is 2.04. The molecule has 0 atom stereocenters. The normalized spacial score (nSPS) is 10.6. The van der Waals surface area contributed by atoms with Crippen LogP contribution in [-0.4, -0.2) is 22.4 Å². The Bertz CT molecular complexity index is 876. The van der Waals surface area contributed by atoms with Gasteiger partial charge in [-0.1, -0.05) is 53.5 Å². The van der Waals surface area contributed by atoms with Crippen LogP contribution in [0.15, 0.2) is 54.6 Å². The second-order valence-corrected chi connectivity index (χ2v) is 5.85. The van der Waals surface area contributed by atoms with Gasteiger partial charge in [0.15, 0.2) is 5.69 Å². The molecule has 6 heteroatoms. The van der Waals surface area contributed by atoms with Crippen molar-refractivity contribution in [2.75, 3.05) is 6.61 Å². The molecule has 24 heavy (non-hydrogen) atoms. The zero-order valence-corrected chi connectivity index (χ0v) is 14.4. The number of rotatable bonds is 4. The number of hydrogen-bond donors (Lipinski definition) is 0. The fourth-order valence-corrected chi connectivity index (χ4v) is 2.83. The molecule has 122 valence electrons. The van der Waals surface area contributed by atoms with E-state index < -0.39 is 5.97 Å². The number of benzene rings is 2. The molecule has 0 aliphatic heterocycles. The van der Waals surface area contributed by atoms with Gasteiger partial charge in [-0.05, 0) is 31.2 Å². The van der Waals surface area contributed by atoms with Crippen molar-refractivity contribution in [3.8, 4) is 16.9 Å². The van der Waals surface area contributed by atoms with Gasteiger partial charge in [-0.15, -0.1) is 0 Å². The number of halogens is 2. The van der Waals surface area contributed by atoms with Gasteiger partial charge in [-0.25, -0.2) is 9.48 Å². The molecule has 0 unspecified atom stereocenters. The van der Waals surface area contributed by atoms with Crippen LogP contribution in [0.25, 0.3) is 16.9 Å². The Balaban J connectivity index is 2.17. The van der Waals surface area contributed by atoms with Crippen molar-refractivity contribution in [2.24, 2.45) is 0 Å². The van der Waals surface area contributed by atoms with Gasteiger partial charge in [0, 0.05) is 10.6 Å². The molecular weight excluding hydrogens is 347 g/mol. The van der Waals surface area contributed by atoms with E-state index in [-0.39, 0.29) is 12.3 Å². The first-order chi connectivity index (χ1) is 11.6. The van der Waals surface area contributed by atoms with Crippen molar-refractivity contribution < 1.29 is 9.53 Å². The maximum absolute atomic E-state index is 12.1. The number of carbonyl (C=O) groups excluding carboxylic acids is 1. The van der Waals surface area contributed by atoms with Gasteiger partial charge in [0.1, 0.15) is 0 Å². The number of carbonyl (C=O) groups is 1. The molecule has 0 aliphatic rings. The molecule has 1 aromatic heterocycles. The van der Waals surface area contributed by atoms with Crippen molar-refractivity contribution >= 4 is 29.2 Å². The highest BCUT2D eigenvalue weighted by Gasteiger charge is 2.18. The Morgan fingerprint density at radius 3 is 2.54 bits per heavy atom. The van der Waals surface area contributed by atoms with E-state index in [1.54, 1.807) is 35.9 Å². The molecule has 4 nitrogen and oxygen atoms in total. The molecule has 3 rings (SSSR count). The highest BCUT2D eigenvalue weighted by atomic mass is 35.5. The van der Waals surface area contributed by atoms with Gasteiger partial charge in [-0.3, -0.25) is 0 Å². The number of hydrogen-bond acceptors (Lipinski definition) is 3. The summed E-state index contributed by atoms with van der Waals surface area (Å²) in [6.07, 6.45) is 0. The Labute approximate surface area is 149 Å². The molecule has 0 saturated carbocycles. The number of aromatic nitrogens is 2. The maximum atomic E-state index is 12.1. The van der Waals surface area contributed by atoms with E-state index >= 15 is 0 Å². The van der Waals surface area contributed by atoms with Crippen molar-refractivity contribution in [2.45, 2.75) is 6.92 Å². The Morgan fingerprint density at radius 2 is 1.88 bits per heavy atom. The van der Waals surface area contributed by atoms with Crippen LogP contribution in [0.3, 0.4) is 0 Å². The molecule has 0 spiro atoms. The lowest BCUT2D eigenvalue weighted by Gasteiger charge is -2.09. The average molecular weight is 361 g/mol. The van der Waals surface area contributed by atoms with E-state index in [0.717, 1.165) is 11.3 Å². The highest BCUT2D eigenvalue weighted by Crippen LogP contribution is 2.29. The average Bonchev–Trinajstić information content (AvgIpc) is 3.01. The van der Waals surface area contributed by atoms with Gasteiger partial charge >= 0.3 is 5.97 Å². The number of esters is 1. The Hall–Kier alpha value is -2.30. The number of nitrogens with zero attached hydrogens (tertiary/aromatic N) is 2. The first kappa shape index (κ1) is 16.6. The van der Waals surface area contributed by atoms with E-state index in [1.165, 1.54) is 0 Å². The predicted octanol–water partition coefficient (Wildman–Crippen LogP) is 5.02. The first-order valence-electron chi connectivity index (χ1n) is 7.38. The smallest absolute Gasteiger partial charge is 0.358 e. The SMILES string of the molecule is CCOC(=O)c1cc(-c2ccccc2)n(-c2ccc(Cl)cc2Cl)n1. The maximum Gasteiger partial charge on any atom is 0.358 e. The summed E-state index contributed by atoms with van der Waals surface area (Å²) in [5.74, 6) is -0.474. The lowest BCUT2D eigenvalue weighted by atomic mass is 10.1. The van der Waals surface area contributed by atoms with Gasteiger partial charge in [0.2, 0.25) is 0 Å². The second-order valence-electron chi connectivity index (χ2n) is 5.01. The van der Waals surface area contributed by atoms with Crippen LogP contribution in [0.1, 0.15) is 17.4 Å². The molecule has 0 fully saturated rings. The van der Waals surface area contributed by atoms with Crippen molar-refractivity contribution in [1.82, 2.24) is 9.78 Å². The quantitative estimate of drug-likeness (QED) is 0.613. The van der Waals surface area contributed by atoms with Crippen LogP contribution in [0.4, 0.5) is 0 Å². The summed E-state index contributed by atoms with van der Waals surface area (Å²) in [5.41, 5.74) is 2.51. The summed E-state index contributed by atoms with van der Waals surface area (Å²) >= 11 is 12.3. The first-order valence-corrected chi connectivity index (χ1v) is 8.13. The minimum absolute atomic E-state index is 0.224. The molecule has 0 saturated heterocycles. The molecule has 0 radical (unpaired) electrons. The molecule has 0 aliphatic carbocycles. The monoisotopic (exact) mass is 360 g/mol. The van der Waals surface area contributed by atoms with Gasteiger partial charge < -0.3 is 4.74 Å². The molecule has 0 N–H and O–H groups in total. The summed E-state index contributed by atoms with van der Waals surface area (Å²) in [4.78, 5) is 12.1. The van der Waals surface area contributed by atoms with E-state index in [1.807, 2.05) is 30.3 Å². The van der Waals surface area contributed by atoms with E-state index in [2.05, 4.69) is 5.10 Å². The fourth-order valence-electron chi connectivity index (χ4n) is 2.34.